The largest absolute Gasteiger partial charge is 0.511 e. The van der Waals surface area contributed by atoms with Crippen molar-refractivity contribution in [2.45, 2.75) is 44.9 Å². The Morgan fingerprint density at radius 2 is 1.59 bits per heavy atom. The van der Waals surface area contributed by atoms with Gasteiger partial charge in [-0.05, 0) is 37.0 Å². The predicted octanol–water partition coefficient (Wildman–Crippen LogP) is 6.13. The zero-order chi connectivity index (χ0) is 27.7. The van der Waals surface area contributed by atoms with Gasteiger partial charge in [0.2, 0.25) is 0 Å². The van der Waals surface area contributed by atoms with Crippen molar-refractivity contribution in [2.75, 3.05) is 12.3 Å². The van der Waals surface area contributed by atoms with E-state index in [1.165, 1.54) is 11.8 Å². The molecule has 3 aromatic carbocycles. The quantitative estimate of drug-likeness (QED) is 0.221. The second-order valence-corrected chi connectivity index (χ2v) is 10.8. The number of hydrogen-bond acceptors (Lipinski definition) is 7. The number of ether oxygens (including phenoxy) is 2. The number of aliphatic hydroxyl groups excluding tert-OH is 1. The Labute approximate surface area is 233 Å². The minimum Gasteiger partial charge on any atom is -0.511 e. The van der Waals surface area contributed by atoms with E-state index in [0.717, 1.165) is 23.1 Å². The molecule has 0 spiro atoms. The van der Waals surface area contributed by atoms with Gasteiger partial charge in [-0.25, -0.2) is 14.6 Å². The van der Waals surface area contributed by atoms with Crippen LogP contribution in [0.1, 0.15) is 37.0 Å². The van der Waals surface area contributed by atoms with Crippen LogP contribution >= 0.6 is 11.8 Å². The SMILES string of the molecule is CC(C)N(CC1(c2ccccc2)CC(O)=C(SCCc2ccccc2)C(=O)O1)NC(=O)OCc1ccccc1. The third-order valence-electron chi connectivity index (χ3n) is 6.47. The topological polar surface area (TPSA) is 88.1 Å². The van der Waals surface area contributed by atoms with E-state index in [1.807, 2.05) is 105 Å². The first-order chi connectivity index (χ1) is 18.9. The Kier molecular flexibility index (Phi) is 9.68. The number of hydrazine groups is 1. The number of aryl methyl sites for hydroxylation is 1. The van der Waals surface area contributed by atoms with Gasteiger partial charge in [-0.3, -0.25) is 5.43 Å². The van der Waals surface area contributed by atoms with Crippen molar-refractivity contribution in [1.29, 1.82) is 0 Å². The molecular weight excluding hydrogens is 512 g/mol. The maximum absolute atomic E-state index is 13.3. The summed E-state index contributed by atoms with van der Waals surface area (Å²) in [6, 6.07) is 28.6. The molecule has 0 saturated carbocycles. The molecule has 204 valence electrons. The monoisotopic (exact) mass is 546 g/mol. The number of amides is 1. The van der Waals surface area contributed by atoms with Crippen LogP contribution in [-0.4, -0.2) is 40.5 Å². The Hall–Kier alpha value is -3.75. The molecule has 1 atom stereocenters. The summed E-state index contributed by atoms with van der Waals surface area (Å²) in [6.07, 6.45) is 0.227. The number of hydrogen-bond donors (Lipinski definition) is 2. The summed E-state index contributed by atoms with van der Waals surface area (Å²) < 4.78 is 11.5. The lowest BCUT2D eigenvalue weighted by atomic mass is 9.87. The van der Waals surface area contributed by atoms with Crippen LogP contribution in [0.3, 0.4) is 0 Å². The van der Waals surface area contributed by atoms with E-state index in [-0.39, 0.29) is 36.3 Å². The van der Waals surface area contributed by atoms with Crippen molar-refractivity contribution in [3.8, 4) is 0 Å². The molecule has 39 heavy (non-hydrogen) atoms. The average Bonchev–Trinajstić information content (AvgIpc) is 2.94. The van der Waals surface area contributed by atoms with Crippen molar-refractivity contribution in [1.82, 2.24) is 10.4 Å². The molecule has 7 nitrogen and oxygen atoms in total. The van der Waals surface area contributed by atoms with Gasteiger partial charge in [0.25, 0.3) is 0 Å². The van der Waals surface area contributed by atoms with Gasteiger partial charge < -0.3 is 14.6 Å². The standard InChI is InChI=1S/C31H34N2O5S/c1-23(2)33(32-30(36)37-21-25-14-8-4-9-15-25)22-31(26-16-10-5-11-17-26)20-27(34)28(29(35)38-31)39-19-18-24-12-6-3-7-13-24/h3-17,23,34H,18-22H2,1-2H3,(H,32,36). The normalized spacial score (nSPS) is 17.3. The molecule has 1 aliphatic rings. The average molecular weight is 547 g/mol. The third kappa shape index (κ3) is 7.65. The van der Waals surface area contributed by atoms with E-state index in [2.05, 4.69) is 5.43 Å². The number of carbonyl (C=O) groups excluding carboxylic acids is 2. The molecule has 0 saturated heterocycles. The molecule has 0 bridgehead atoms. The van der Waals surface area contributed by atoms with Crippen molar-refractivity contribution < 1.29 is 24.2 Å². The second-order valence-electron chi connectivity index (χ2n) is 9.68. The smallest absolute Gasteiger partial charge is 0.422 e. The van der Waals surface area contributed by atoms with Gasteiger partial charge >= 0.3 is 12.1 Å². The zero-order valence-electron chi connectivity index (χ0n) is 22.2. The summed E-state index contributed by atoms with van der Waals surface area (Å²) in [4.78, 5) is 26.2. The van der Waals surface area contributed by atoms with E-state index in [4.69, 9.17) is 9.47 Å². The molecule has 1 heterocycles. The van der Waals surface area contributed by atoms with E-state index < -0.39 is 17.7 Å². The first-order valence-electron chi connectivity index (χ1n) is 13.0. The lowest BCUT2D eigenvalue weighted by Crippen LogP contribution is -2.55. The highest BCUT2D eigenvalue weighted by atomic mass is 32.2. The number of cyclic esters (lactones) is 1. The fraction of sp³-hybridized carbons (Fsp3) is 0.290. The molecule has 1 amide bonds. The van der Waals surface area contributed by atoms with Crippen molar-refractivity contribution in [3.05, 3.63) is 118 Å². The van der Waals surface area contributed by atoms with Crippen molar-refractivity contribution >= 4 is 23.8 Å². The van der Waals surface area contributed by atoms with Crippen LogP contribution in [0.25, 0.3) is 0 Å². The summed E-state index contributed by atoms with van der Waals surface area (Å²) in [5, 5.41) is 12.8. The highest BCUT2D eigenvalue weighted by Gasteiger charge is 2.45. The summed E-state index contributed by atoms with van der Waals surface area (Å²) in [5.74, 6) is 0.0450. The van der Waals surface area contributed by atoms with Crippen LogP contribution < -0.4 is 5.43 Å². The maximum atomic E-state index is 13.3. The van der Waals surface area contributed by atoms with Gasteiger partial charge in [0.05, 0.1) is 13.0 Å². The summed E-state index contributed by atoms with van der Waals surface area (Å²) in [5.41, 5.74) is 4.35. The fourth-order valence-electron chi connectivity index (χ4n) is 4.37. The Balaban J connectivity index is 1.49. The third-order valence-corrected chi connectivity index (χ3v) is 7.56. The number of esters is 1. The molecule has 1 unspecified atom stereocenters. The van der Waals surface area contributed by atoms with Gasteiger partial charge in [-0.2, -0.15) is 0 Å². The zero-order valence-corrected chi connectivity index (χ0v) is 23.0. The first kappa shape index (κ1) is 28.3. The molecule has 1 aliphatic heterocycles. The van der Waals surface area contributed by atoms with Crippen LogP contribution in [-0.2, 0) is 32.9 Å². The number of nitrogens with zero attached hydrogens (tertiary/aromatic N) is 1. The molecule has 2 N–H and O–H groups in total. The van der Waals surface area contributed by atoms with Crippen LogP contribution in [0.4, 0.5) is 4.79 Å². The molecule has 0 aliphatic carbocycles. The lowest BCUT2D eigenvalue weighted by molar-refractivity contribution is -0.163. The van der Waals surface area contributed by atoms with E-state index >= 15 is 0 Å². The van der Waals surface area contributed by atoms with Crippen LogP contribution in [0.2, 0.25) is 0 Å². The van der Waals surface area contributed by atoms with Gasteiger partial charge in [0, 0.05) is 11.8 Å². The highest BCUT2D eigenvalue weighted by molar-refractivity contribution is 8.04. The summed E-state index contributed by atoms with van der Waals surface area (Å²) in [6.45, 7) is 4.08. The van der Waals surface area contributed by atoms with E-state index in [9.17, 15) is 14.7 Å². The number of rotatable bonds is 11. The van der Waals surface area contributed by atoms with Crippen LogP contribution in [0, 0.1) is 0 Å². The molecule has 0 fully saturated rings. The number of benzene rings is 3. The lowest BCUT2D eigenvalue weighted by Gasteiger charge is -2.41. The van der Waals surface area contributed by atoms with E-state index in [0.29, 0.717) is 5.75 Å². The Bertz CT molecular complexity index is 1270. The van der Waals surface area contributed by atoms with Crippen LogP contribution in [0.5, 0.6) is 0 Å². The highest BCUT2D eigenvalue weighted by Crippen LogP contribution is 2.41. The number of nitrogens with one attached hydrogen (secondary N) is 1. The summed E-state index contributed by atoms with van der Waals surface area (Å²) >= 11 is 1.30. The molecule has 0 aromatic heterocycles. The number of thioether (sulfide) groups is 1. The predicted molar refractivity (Wildman–Crippen MR) is 153 cm³/mol. The molecule has 8 heteroatoms. The van der Waals surface area contributed by atoms with Crippen molar-refractivity contribution in [2.24, 2.45) is 0 Å². The minimum absolute atomic E-state index is 0.0106. The van der Waals surface area contributed by atoms with Gasteiger partial charge in [-0.1, -0.05) is 91.0 Å². The van der Waals surface area contributed by atoms with Gasteiger partial charge in [-0.15, -0.1) is 11.8 Å². The minimum atomic E-state index is -1.21. The number of carbonyl (C=O) groups is 2. The molecule has 4 rings (SSSR count). The van der Waals surface area contributed by atoms with Gasteiger partial charge in [0.1, 0.15) is 17.3 Å². The maximum Gasteiger partial charge on any atom is 0.422 e. The van der Waals surface area contributed by atoms with Crippen molar-refractivity contribution in [3.63, 3.8) is 0 Å². The van der Waals surface area contributed by atoms with E-state index in [1.54, 1.807) is 5.01 Å². The second kappa shape index (κ2) is 13.4. The number of aliphatic hydroxyl groups is 1. The molecular formula is C31H34N2O5S. The summed E-state index contributed by atoms with van der Waals surface area (Å²) in [7, 11) is 0. The Morgan fingerprint density at radius 1 is 1.00 bits per heavy atom. The van der Waals surface area contributed by atoms with Crippen LogP contribution in [0.15, 0.2) is 102 Å². The molecule has 0 radical (unpaired) electrons. The Morgan fingerprint density at radius 3 is 2.18 bits per heavy atom. The van der Waals surface area contributed by atoms with Gasteiger partial charge in [0.15, 0.2) is 5.60 Å². The first-order valence-corrected chi connectivity index (χ1v) is 14.0. The fourth-order valence-corrected chi connectivity index (χ4v) is 5.31. The molecule has 3 aromatic rings.